The van der Waals surface area contributed by atoms with Crippen LogP contribution in [0.4, 0.5) is 0 Å². The van der Waals surface area contributed by atoms with E-state index in [0.29, 0.717) is 18.9 Å². The molecule has 0 radical (unpaired) electrons. The molecule has 0 aliphatic carbocycles. The number of hydrogen-bond acceptors (Lipinski definition) is 3. The summed E-state index contributed by atoms with van der Waals surface area (Å²) in [4.78, 5) is 8.98. The third-order valence-corrected chi connectivity index (χ3v) is 3.63. The largest absolute Gasteiger partial charge is 0.473 e. The molecule has 0 spiro atoms. The number of benzene rings is 2. The summed E-state index contributed by atoms with van der Waals surface area (Å²) in [6, 6.07) is 19.6. The van der Waals surface area contributed by atoms with E-state index in [9.17, 15) is 0 Å². The van der Waals surface area contributed by atoms with Gasteiger partial charge < -0.3 is 4.74 Å². The van der Waals surface area contributed by atoms with Crippen molar-refractivity contribution in [1.82, 2.24) is 9.97 Å². The molecule has 0 aliphatic rings. The van der Waals surface area contributed by atoms with Gasteiger partial charge in [0.2, 0.25) is 5.88 Å². The Morgan fingerprint density at radius 2 is 1.65 bits per heavy atom. The summed E-state index contributed by atoms with van der Waals surface area (Å²) in [5.41, 5.74) is 3.13. The van der Waals surface area contributed by atoms with Crippen LogP contribution in [0.3, 0.4) is 0 Å². The highest BCUT2D eigenvalue weighted by Gasteiger charge is 2.05. The Hall–Kier alpha value is -2.39. The van der Waals surface area contributed by atoms with Crippen molar-refractivity contribution < 1.29 is 4.74 Å². The maximum atomic E-state index is 5.91. The van der Waals surface area contributed by atoms with E-state index in [1.165, 1.54) is 0 Å². The van der Waals surface area contributed by atoms with Gasteiger partial charge in [0.25, 0.3) is 0 Å². The van der Waals surface area contributed by atoms with Crippen LogP contribution >= 0.6 is 11.6 Å². The molecule has 4 heteroatoms. The topological polar surface area (TPSA) is 35.0 Å². The maximum Gasteiger partial charge on any atom is 0.217 e. The molecule has 23 heavy (non-hydrogen) atoms. The van der Waals surface area contributed by atoms with Crippen molar-refractivity contribution in [2.45, 2.75) is 20.0 Å². The Morgan fingerprint density at radius 3 is 2.39 bits per heavy atom. The average molecular weight is 325 g/mol. The fraction of sp³-hybridized carbons (Fsp3) is 0.158. The summed E-state index contributed by atoms with van der Waals surface area (Å²) in [5.74, 6) is 1.35. The number of hydrogen-bond donors (Lipinski definition) is 0. The van der Waals surface area contributed by atoms with E-state index in [-0.39, 0.29) is 0 Å². The molecule has 0 bridgehead atoms. The SMILES string of the molecule is Cc1cc(OCc2ccccc2)nc(Cc2ccc(Cl)cc2)n1. The van der Waals surface area contributed by atoms with Gasteiger partial charge in [0.05, 0.1) is 0 Å². The van der Waals surface area contributed by atoms with Gasteiger partial charge in [-0.1, -0.05) is 54.1 Å². The van der Waals surface area contributed by atoms with Crippen LogP contribution in [0.15, 0.2) is 60.7 Å². The second kappa shape index (κ2) is 7.25. The number of halogens is 1. The Bertz CT molecular complexity index is 773. The van der Waals surface area contributed by atoms with Crippen molar-refractivity contribution in [1.29, 1.82) is 0 Å². The lowest BCUT2D eigenvalue weighted by Gasteiger charge is -2.08. The van der Waals surface area contributed by atoms with E-state index in [2.05, 4.69) is 9.97 Å². The van der Waals surface area contributed by atoms with E-state index in [1.54, 1.807) is 0 Å². The second-order valence-corrected chi connectivity index (χ2v) is 5.78. The third kappa shape index (κ3) is 4.54. The molecule has 0 atom stereocenters. The Balaban J connectivity index is 1.72. The monoisotopic (exact) mass is 324 g/mol. The van der Waals surface area contributed by atoms with Crippen LogP contribution in [0.5, 0.6) is 5.88 Å². The minimum absolute atomic E-state index is 0.498. The fourth-order valence-electron chi connectivity index (χ4n) is 2.27. The molecule has 3 nitrogen and oxygen atoms in total. The standard InChI is InChI=1S/C19H17ClN2O/c1-14-11-19(23-13-16-5-3-2-4-6-16)22-18(21-14)12-15-7-9-17(20)10-8-15/h2-11H,12-13H2,1H3. The molecule has 1 heterocycles. The van der Waals surface area contributed by atoms with E-state index < -0.39 is 0 Å². The van der Waals surface area contributed by atoms with Crippen molar-refractivity contribution in [3.8, 4) is 5.88 Å². The minimum atomic E-state index is 0.498. The minimum Gasteiger partial charge on any atom is -0.473 e. The van der Waals surface area contributed by atoms with Gasteiger partial charge in [-0.2, -0.15) is 4.98 Å². The molecule has 1 aromatic heterocycles. The highest BCUT2D eigenvalue weighted by molar-refractivity contribution is 6.30. The predicted molar refractivity (Wildman–Crippen MR) is 91.8 cm³/mol. The van der Waals surface area contributed by atoms with Gasteiger partial charge in [0.1, 0.15) is 12.4 Å². The van der Waals surface area contributed by atoms with Crippen molar-refractivity contribution in [2.75, 3.05) is 0 Å². The number of ether oxygens (including phenoxy) is 1. The Labute approximate surface area is 140 Å². The molecule has 0 saturated heterocycles. The highest BCUT2D eigenvalue weighted by Crippen LogP contribution is 2.15. The van der Waals surface area contributed by atoms with Gasteiger partial charge >= 0.3 is 0 Å². The molecule has 0 unspecified atom stereocenters. The molecule has 0 fully saturated rings. The first kappa shape index (κ1) is 15.5. The van der Waals surface area contributed by atoms with Crippen LogP contribution in [0.25, 0.3) is 0 Å². The van der Waals surface area contributed by atoms with E-state index in [1.807, 2.05) is 67.6 Å². The van der Waals surface area contributed by atoms with Crippen LogP contribution in [0, 0.1) is 6.92 Å². The molecule has 116 valence electrons. The highest BCUT2D eigenvalue weighted by atomic mass is 35.5. The summed E-state index contributed by atoms with van der Waals surface area (Å²) < 4.78 is 5.80. The van der Waals surface area contributed by atoms with E-state index in [0.717, 1.165) is 27.7 Å². The molecule has 2 aromatic carbocycles. The Kier molecular flexibility index (Phi) is 4.89. The summed E-state index contributed by atoms with van der Waals surface area (Å²) in [5, 5.41) is 0.728. The van der Waals surface area contributed by atoms with Crippen molar-refractivity contribution in [2.24, 2.45) is 0 Å². The summed E-state index contributed by atoms with van der Waals surface area (Å²) >= 11 is 5.91. The predicted octanol–water partition coefficient (Wildman–Crippen LogP) is 4.61. The molecule has 0 N–H and O–H groups in total. The van der Waals surface area contributed by atoms with Gasteiger partial charge in [-0.25, -0.2) is 4.98 Å². The van der Waals surface area contributed by atoms with Gasteiger partial charge in [-0.3, -0.25) is 0 Å². The van der Waals surface area contributed by atoms with Gasteiger partial charge in [-0.05, 0) is 30.2 Å². The van der Waals surface area contributed by atoms with Crippen molar-refractivity contribution in [3.63, 3.8) is 0 Å². The van der Waals surface area contributed by atoms with Crippen LogP contribution in [-0.2, 0) is 13.0 Å². The lowest BCUT2D eigenvalue weighted by Crippen LogP contribution is -2.03. The van der Waals surface area contributed by atoms with Crippen LogP contribution in [0.2, 0.25) is 5.02 Å². The zero-order valence-corrected chi connectivity index (χ0v) is 13.6. The van der Waals surface area contributed by atoms with E-state index in [4.69, 9.17) is 16.3 Å². The van der Waals surface area contributed by atoms with Gasteiger partial charge in [0, 0.05) is 23.2 Å². The smallest absolute Gasteiger partial charge is 0.217 e. The molecule has 0 aliphatic heterocycles. The lowest BCUT2D eigenvalue weighted by molar-refractivity contribution is 0.292. The maximum absolute atomic E-state index is 5.91. The first-order valence-electron chi connectivity index (χ1n) is 7.45. The van der Waals surface area contributed by atoms with Crippen LogP contribution < -0.4 is 4.74 Å². The molecular weight excluding hydrogens is 308 g/mol. The number of aryl methyl sites for hydroxylation is 1. The number of rotatable bonds is 5. The molecule has 0 amide bonds. The molecule has 3 rings (SSSR count). The normalized spacial score (nSPS) is 10.5. The van der Waals surface area contributed by atoms with Crippen molar-refractivity contribution >= 4 is 11.6 Å². The van der Waals surface area contributed by atoms with Crippen molar-refractivity contribution in [3.05, 3.63) is 88.3 Å². The fourth-order valence-corrected chi connectivity index (χ4v) is 2.39. The van der Waals surface area contributed by atoms with Gasteiger partial charge in [-0.15, -0.1) is 0 Å². The first-order chi connectivity index (χ1) is 11.2. The lowest BCUT2D eigenvalue weighted by atomic mass is 10.1. The third-order valence-electron chi connectivity index (χ3n) is 3.38. The van der Waals surface area contributed by atoms with Crippen LogP contribution in [0.1, 0.15) is 22.6 Å². The molecular formula is C19H17ClN2O. The van der Waals surface area contributed by atoms with Gasteiger partial charge in [0.15, 0.2) is 0 Å². The summed E-state index contributed by atoms with van der Waals surface area (Å²) in [6.07, 6.45) is 0.653. The first-order valence-corrected chi connectivity index (χ1v) is 7.82. The molecule has 3 aromatic rings. The molecule has 0 saturated carbocycles. The van der Waals surface area contributed by atoms with E-state index >= 15 is 0 Å². The summed E-state index contributed by atoms with van der Waals surface area (Å²) in [6.45, 7) is 2.44. The number of nitrogens with zero attached hydrogens (tertiary/aromatic N) is 2. The second-order valence-electron chi connectivity index (χ2n) is 5.34. The zero-order valence-electron chi connectivity index (χ0n) is 12.9. The number of aromatic nitrogens is 2. The van der Waals surface area contributed by atoms with Crippen LogP contribution in [-0.4, -0.2) is 9.97 Å². The average Bonchev–Trinajstić information content (AvgIpc) is 2.56. The Morgan fingerprint density at radius 1 is 0.913 bits per heavy atom. The zero-order chi connectivity index (χ0) is 16.1. The quantitative estimate of drug-likeness (QED) is 0.687. The summed E-state index contributed by atoms with van der Waals surface area (Å²) in [7, 11) is 0.